The lowest BCUT2D eigenvalue weighted by Gasteiger charge is -2.32. The van der Waals surface area contributed by atoms with Gasteiger partial charge in [-0.15, -0.1) is 0 Å². The fourth-order valence-electron chi connectivity index (χ4n) is 3.49. The van der Waals surface area contributed by atoms with E-state index in [2.05, 4.69) is 0 Å². The first-order chi connectivity index (χ1) is 9.07. The second-order valence-electron chi connectivity index (χ2n) is 6.12. The third-order valence-electron chi connectivity index (χ3n) is 4.99. The number of carbonyl (C=O) groups excluding carboxylic acids is 1. The van der Waals surface area contributed by atoms with Crippen LogP contribution in [0, 0.1) is 17.3 Å². The van der Waals surface area contributed by atoms with E-state index in [4.69, 9.17) is 9.84 Å². The van der Waals surface area contributed by atoms with Gasteiger partial charge in [0, 0.05) is 19.7 Å². The lowest BCUT2D eigenvalue weighted by molar-refractivity contribution is -0.140. The van der Waals surface area contributed by atoms with Gasteiger partial charge in [0.1, 0.15) is 0 Å². The number of ether oxygens (including phenoxy) is 1. The van der Waals surface area contributed by atoms with Gasteiger partial charge in [-0.2, -0.15) is 0 Å². The standard InChI is InChI=1S/C14H21NO4/c1-2-19-11-7-9(11)12(16)15-5-3-14(4-6-15)8-10(14)13(17)18/h9-11H,2-8H2,1H3,(H,17,18). The number of rotatable bonds is 4. The van der Waals surface area contributed by atoms with Gasteiger partial charge in [0.05, 0.1) is 17.9 Å². The molecule has 5 nitrogen and oxygen atoms in total. The first-order valence-corrected chi connectivity index (χ1v) is 7.20. The topological polar surface area (TPSA) is 66.8 Å². The fraction of sp³-hybridized carbons (Fsp3) is 0.857. The van der Waals surface area contributed by atoms with Gasteiger partial charge in [-0.3, -0.25) is 9.59 Å². The number of hydrogen-bond donors (Lipinski definition) is 1. The summed E-state index contributed by atoms with van der Waals surface area (Å²) in [5.74, 6) is -0.565. The maximum atomic E-state index is 12.2. The zero-order chi connectivity index (χ0) is 13.6. The van der Waals surface area contributed by atoms with Crippen molar-refractivity contribution in [2.75, 3.05) is 19.7 Å². The predicted octanol–water partition coefficient (Wildman–Crippen LogP) is 1.12. The summed E-state index contributed by atoms with van der Waals surface area (Å²) in [6.07, 6.45) is 3.48. The van der Waals surface area contributed by atoms with Gasteiger partial charge in [-0.25, -0.2) is 0 Å². The zero-order valence-electron chi connectivity index (χ0n) is 11.3. The summed E-state index contributed by atoms with van der Waals surface area (Å²) in [6, 6.07) is 0. The van der Waals surface area contributed by atoms with E-state index < -0.39 is 5.97 Å². The summed E-state index contributed by atoms with van der Waals surface area (Å²) in [5, 5.41) is 9.04. The minimum absolute atomic E-state index is 0.00544. The average Bonchev–Trinajstić information content (AvgIpc) is 3.27. The van der Waals surface area contributed by atoms with Gasteiger partial charge in [-0.05, 0) is 38.0 Å². The Bertz CT molecular complexity index is 400. The van der Waals surface area contributed by atoms with Crippen LogP contribution in [0.1, 0.15) is 32.6 Å². The molecule has 3 fully saturated rings. The Morgan fingerprint density at radius 2 is 2.05 bits per heavy atom. The van der Waals surface area contributed by atoms with Crippen LogP contribution in [-0.4, -0.2) is 47.7 Å². The van der Waals surface area contributed by atoms with Crippen LogP contribution in [0.4, 0.5) is 0 Å². The van der Waals surface area contributed by atoms with E-state index in [9.17, 15) is 9.59 Å². The van der Waals surface area contributed by atoms with Crippen LogP contribution in [0.2, 0.25) is 0 Å². The van der Waals surface area contributed by atoms with Crippen LogP contribution in [0.15, 0.2) is 0 Å². The lowest BCUT2D eigenvalue weighted by Crippen LogP contribution is -2.41. The molecular weight excluding hydrogens is 246 g/mol. The first-order valence-electron chi connectivity index (χ1n) is 7.20. The molecule has 2 saturated carbocycles. The van der Waals surface area contributed by atoms with Crippen molar-refractivity contribution in [2.45, 2.75) is 38.7 Å². The number of likely N-dealkylation sites (tertiary alicyclic amines) is 1. The van der Waals surface area contributed by atoms with Gasteiger partial charge < -0.3 is 14.7 Å². The van der Waals surface area contributed by atoms with E-state index in [1.807, 2.05) is 11.8 Å². The molecular formula is C14H21NO4. The van der Waals surface area contributed by atoms with E-state index in [1.54, 1.807) is 0 Å². The monoisotopic (exact) mass is 267 g/mol. The molecule has 0 radical (unpaired) electrons. The van der Waals surface area contributed by atoms with Crippen molar-refractivity contribution in [1.29, 1.82) is 0 Å². The lowest BCUT2D eigenvalue weighted by atomic mass is 9.90. The van der Waals surface area contributed by atoms with Crippen LogP contribution in [-0.2, 0) is 14.3 Å². The Kier molecular flexibility index (Phi) is 3.04. The highest BCUT2D eigenvalue weighted by Crippen LogP contribution is 2.59. The van der Waals surface area contributed by atoms with E-state index in [0.29, 0.717) is 6.61 Å². The number of aliphatic carboxylic acids is 1. The van der Waals surface area contributed by atoms with Crippen LogP contribution in [0.3, 0.4) is 0 Å². The highest BCUT2D eigenvalue weighted by molar-refractivity contribution is 5.82. The largest absolute Gasteiger partial charge is 0.481 e. The van der Waals surface area contributed by atoms with E-state index >= 15 is 0 Å². The first kappa shape index (κ1) is 12.9. The van der Waals surface area contributed by atoms with Crippen molar-refractivity contribution in [3.63, 3.8) is 0 Å². The van der Waals surface area contributed by atoms with Crippen LogP contribution in [0.5, 0.6) is 0 Å². The molecule has 0 aromatic heterocycles. The van der Waals surface area contributed by atoms with Crippen molar-refractivity contribution >= 4 is 11.9 Å². The van der Waals surface area contributed by atoms with Crippen molar-refractivity contribution in [1.82, 2.24) is 4.90 Å². The third-order valence-corrected chi connectivity index (χ3v) is 4.99. The normalized spacial score (nSPS) is 35.2. The molecule has 1 saturated heterocycles. The number of amides is 1. The molecule has 1 aliphatic heterocycles. The Hall–Kier alpha value is -1.10. The summed E-state index contributed by atoms with van der Waals surface area (Å²) in [5.41, 5.74) is 0.00544. The minimum Gasteiger partial charge on any atom is -0.481 e. The zero-order valence-corrected chi connectivity index (χ0v) is 11.3. The summed E-state index contributed by atoms with van der Waals surface area (Å²) >= 11 is 0. The maximum absolute atomic E-state index is 12.2. The molecule has 3 atom stereocenters. The van der Waals surface area contributed by atoms with E-state index in [1.165, 1.54) is 0 Å². The van der Waals surface area contributed by atoms with E-state index in [0.717, 1.165) is 38.8 Å². The summed E-state index contributed by atoms with van der Waals surface area (Å²) < 4.78 is 5.45. The van der Waals surface area contributed by atoms with Gasteiger partial charge in [0.15, 0.2) is 0 Å². The van der Waals surface area contributed by atoms with Crippen molar-refractivity contribution in [3.05, 3.63) is 0 Å². The van der Waals surface area contributed by atoms with Crippen molar-refractivity contribution in [2.24, 2.45) is 17.3 Å². The number of carbonyl (C=O) groups is 2. The molecule has 0 aromatic rings. The molecule has 1 N–H and O–H groups in total. The van der Waals surface area contributed by atoms with Gasteiger partial charge in [0.25, 0.3) is 0 Å². The Morgan fingerprint density at radius 1 is 1.37 bits per heavy atom. The van der Waals surface area contributed by atoms with Gasteiger partial charge >= 0.3 is 5.97 Å². The molecule has 3 aliphatic rings. The summed E-state index contributed by atoms with van der Waals surface area (Å²) in [4.78, 5) is 25.1. The molecule has 0 aromatic carbocycles. The van der Waals surface area contributed by atoms with Crippen molar-refractivity contribution in [3.8, 4) is 0 Å². The van der Waals surface area contributed by atoms with E-state index in [-0.39, 0.29) is 29.3 Å². The second kappa shape index (κ2) is 4.47. The Balaban J connectivity index is 1.49. The Labute approximate surface area is 112 Å². The van der Waals surface area contributed by atoms with Crippen LogP contribution in [0.25, 0.3) is 0 Å². The average molecular weight is 267 g/mol. The number of carboxylic acid groups (broad SMARTS) is 1. The molecule has 1 spiro atoms. The fourth-order valence-corrected chi connectivity index (χ4v) is 3.49. The van der Waals surface area contributed by atoms with Gasteiger partial charge in [0.2, 0.25) is 5.91 Å². The molecule has 19 heavy (non-hydrogen) atoms. The molecule has 1 heterocycles. The minimum atomic E-state index is -0.668. The molecule has 1 amide bonds. The number of nitrogens with zero attached hydrogens (tertiary/aromatic N) is 1. The molecule has 0 bridgehead atoms. The van der Waals surface area contributed by atoms with Crippen LogP contribution < -0.4 is 0 Å². The quantitative estimate of drug-likeness (QED) is 0.829. The summed E-state index contributed by atoms with van der Waals surface area (Å²) in [6.45, 7) is 4.05. The Morgan fingerprint density at radius 3 is 2.58 bits per heavy atom. The molecule has 3 unspecified atom stereocenters. The highest BCUT2D eigenvalue weighted by Gasteiger charge is 2.59. The molecule has 5 heteroatoms. The smallest absolute Gasteiger partial charge is 0.307 e. The SMILES string of the molecule is CCOC1CC1C(=O)N1CCC2(CC1)CC2C(=O)O. The number of carboxylic acids is 1. The molecule has 106 valence electrons. The predicted molar refractivity (Wildman–Crippen MR) is 67.5 cm³/mol. The second-order valence-corrected chi connectivity index (χ2v) is 6.12. The maximum Gasteiger partial charge on any atom is 0.307 e. The summed E-state index contributed by atoms with van der Waals surface area (Å²) in [7, 11) is 0. The molecule has 3 rings (SSSR count). The van der Waals surface area contributed by atoms with Gasteiger partial charge in [-0.1, -0.05) is 0 Å². The number of hydrogen-bond acceptors (Lipinski definition) is 3. The van der Waals surface area contributed by atoms with Crippen molar-refractivity contribution < 1.29 is 19.4 Å². The highest BCUT2D eigenvalue weighted by atomic mass is 16.5. The number of piperidine rings is 1. The third kappa shape index (κ3) is 2.24. The molecule has 2 aliphatic carbocycles. The van der Waals surface area contributed by atoms with Crippen LogP contribution >= 0.6 is 0 Å².